The summed E-state index contributed by atoms with van der Waals surface area (Å²) in [4.78, 5) is 4.41. The monoisotopic (exact) mass is 246 g/mol. The third-order valence-electron chi connectivity index (χ3n) is 3.61. The SMILES string of the molecule is CNC(c1ccc2c(c1)ncn2C)C(C)CCN. The third kappa shape index (κ3) is 2.40. The second-order valence-electron chi connectivity index (χ2n) is 4.92. The van der Waals surface area contributed by atoms with E-state index in [0.29, 0.717) is 12.0 Å². The summed E-state index contributed by atoms with van der Waals surface area (Å²) in [5.74, 6) is 0.515. The van der Waals surface area contributed by atoms with Crippen LogP contribution in [0.3, 0.4) is 0 Å². The van der Waals surface area contributed by atoms with Gasteiger partial charge in [0.1, 0.15) is 0 Å². The van der Waals surface area contributed by atoms with Gasteiger partial charge in [-0.3, -0.25) is 0 Å². The van der Waals surface area contributed by atoms with Crippen LogP contribution in [0.4, 0.5) is 0 Å². The van der Waals surface area contributed by atoms with E-state index in [1.54, 1.807) is 0 Å². The van der Waals surface area contributed by atoms with Gasteiger partial charge in [0, 0.05) is 13.1 Å². The van der Waals surface area contributed by atoms with Crippen molar-refractivity contribution >= 4 is 11.0 Å². The van der Waals surface area contributed by atoms with Crippen molar-refractivity contribution in [2.75, 3.05) is 13.6 Å². The Bertz CT molecular complexity index is 517. The Kier molecular flexibility index (Phi) is 3.99. The summed E-state index contributed by atoms with van der Waals surface area (Å²) < 4.78 is 2.04. The summed E-state index contributed by atoms with van der Waals surface area (Å²) >= 11 is 0. The van der Waals surface area contributed by atoms with Crippen LogP contribution in [-0.4, -0.2) is 23.1 Å². The fraction of sp³-hybridized carbons (Fsp3) is 0.500. The molecule has 4 nitrogen and oxygen atoms in total. The number of benzene rings is 1. The van der Waals surface area contributed by atoms with Crippen molar-refractivity contribution in [3.8, 4) is 0 Å². The number of aromatic nitrogens is 2. The average molecular weight is 246 g/mol. The largest absolute Gasteiger partial charge is 0.334 e. The molecule has 1 heterocycles. The highest BCUT2D eigenvalue weighted by Crippen LogP contribution is 2.26. The molecule has 0 aliphatic heterocycles. The molecule has 0 fully saturated rings. The Morgan fingerprint density at radius 3 is 2.89 bits per heavy atom. The highest BCUT2D eigenvalue weighted by Gasteiger charge is 2.17. The first-order chi connectivity index (χ1) is 8.67. The van der Waals surface area contributed by atoms with Crippen molar-refractivity contribution in [2.45, 2.75) is 19.4 Å². The molecule has 4 heteroatoms. The summed E-state index contributed by atoms with van der Waals surface area (Å²) in [6, 6.07) is 6.82. The Balaban J connectivity index is 2.33. The van der Waals surface area contributed by atoms with Gasteiger partial charge in [-0.1, -0.05) is 13.0 Å². The van der Waals surface area contributed by atoms with Crippen LogP contribution in [0.1, 0.15) is 24.9 Å². The van der Waals surface area contributed by atoms with E-state index in [2.05, 4.69) is 35.4 Å². The van der Waals surface area contributed by atoms with Crippen LogP contribution >= 0.6 is 0 Å². The lowest BCUT2D eigenvalue weighted by atomic mass is 9.92. The number of fused-ring (bicyclic) bond motifs is 1. The molecular formula is C14H22N4. The Morgan fingerprint density at radius 1 is 1.44 bits per heavy atom. The van der Waals surface area contributed by atoms with Crippen molar-refractivity contribution in [3.05, 3.63) is 30.1 Å². The summed E-state index contributed by atoms with van der Waals surface area (Å²) in [6.07, 6.45) is 2.87. The number of hydrogen-bond acceptors (Lipinski definition) is 3. The van der Waals surface area contributed by atoms with Crippen LogP contribution in [0.2, 0.25) is 0 Å². The molecule has 0 amide bonds. The minimum atomic E-state index is 0.333. The standard InChI is InChI=1S/C14H22N4/c1-10(6-7-15)14(16-2)11-4-5-13-12(8-11)17-9-18(13)3/h4-5,8-10,14,16H,6-7,15H2,1-3H3. The fourth-order valence-electron chi connectivity index (χ4n) is 2.56. The summed E-state index contributed by atoms with van der Waals surface area (Å²) in [6.45, 7) is 2.96. The number of nitrogens with two attached hydrogens (primary N) is 1. The van der Waals surface area contributed by atoms with Crippen LogP contribution < -0.4 is 11.1 Å². The molecule has 0 aliphatic rings. The summed E-state index contributed by atoms with van der Waals surface area (Å²) in [5, 5.41) is 3.38. The Labute approximate surface area is 108 Å². The van der Waals surface area contributed by atoms with E-state index in [0.717, 1.165) is 18.5 Å². The van der Waals surface area contributed by atoms with E-state index < -0.39 is 0 Å². The molecular weight excluding hydrogens is 224 g/mol. The Hall–Kier alpha value is -1.39. The zero-order chi connectivity index (χ0) is 13.1. The first kappa shape index (κ1) is 13.1. The number of aryl methyl sites for hydroxylation is 1. The smallest absolute Gasteiger partial charge is 0.0955 e. The molecule has 0 saturated carbocycles. The van der Waals surface area contributed by atoms with E-state index in [1.807, 2.05) is 25.0 Å². The quantitative estimate of drug-likeness (QED) is 0.846. The number of hydrogen-bond donors (Lipinski definition) is 2. The van der Waals surface area contributed by atoms with Gasteiger partial charge in [-0.15, -0.1) is 0 Å². The minimum absolute atomic E-state index is 0.333. The molecule has 18 heavy (non-hydrogen) atoms. The molecule has 98 valence electrons. The van der Waals surface area contributed by atoms with Gasteiger partial charge in [0.2, 0.25) is 0 Å². The van der Waals surface area contributed by atoms with Crippen molar-refractivity contribution < 1.29 is 0 Å². The zero-order valence-corrected chi connectivity index (χ0v) is 11.4. The zero-order valence-electron chi connectivity index (χ0n) is 11.4. The lowest BCUT2D eigenvalue weighted by molar-refractivity contribution is 0.392. The van der Waals surface area contributed by atoms with Crippen molar-refractivity contribution in [1.82, 2.24) is 14.9 Å². The van der Waals surface area contributed by atoms with Gasteiger partial charge in [0.25, 0.3) is 0 Å². The third-order valence-corrected chi connectivity index (χ3v) is 3.61. The molecule has 2 atom stereocenters. The second-order valence-corrected chi connectivity index (χ2v) is 4.92. The van der Waals surface area contributed by atoms with Gasteiger partial charge >= 0.3 is 0 Å². The Morgan fingerprint density at radius 2 is 2.22 bits per heavy atom. The van der Waals surface area contributed by atoms with Crippen molar-refractivity contribution in [1.29, 1.82) is 0 Å². The predicted octanol–water partition coefficient (Wildman–Crippen LogP) is 1.82. The number of rotatable bonds is 5. The van der Waals surface area contributed by atoms with E-state index in [1.165, 1.54) is 11.1 Å². The van der Waals surface area contributed by atoms with Crippen LogP contribution in [0.25, 0.3) is 11.0 Å². The van der Waals surface area contributed by atoms with Crippen molar-refractivity contribution in [3.63, 3.8) is 0 Å². The summed E-state index contributed by atoms with van der Waals surface area (Å²) in [7, 11) is 4.02. The van der Waals surface area contributed by atoms with E-state index in [9.17, 15) is 0 Å². The molecule has 1 aromatic heterocycles. The van der Waals surface area contributed by atoms with E-state index in [4.69, 9.17) is 5.73 Å². The molecule has 1 aromatic carbocycles. The maximum atomic E-state index is 5.65. The van der Waals surface area contributed by atoms with Gasteiger partial charge in [-0.25, -0.2) is 4.98 Å². The van der Waals surface area contributed by atoms with Crippen LogP contribution in [0.5, 0.6) is 0 Å². The van der Waals surface area contributed by atoms with Gasteiger partial charge in [-0.05, 0) is 43.6 Å². The van der Waals surface area contributed by atoms with Gasteiger partial charge in [-0.2, -0.15) is 0 Å². The van der Waals surface area contributed by atoms with Gasteiger partial charge < -0.3 is 15.6 Å². The lowest BCUT2D eigenvalue weighted by Crippen LogP contribution is -2.25. The fourth-order valence-corrected chi connectivity index (χ4v) is 2.56. The lowest BCUT2D eigenvalue weighted by Gasteiger charge is -2.23. The molecule has 0 aliphatic carbocycles. The second kappa shape index (κ2) is 5.50. The molecule has 2 aromatic rings. The van der Waals surface area contributed by atoms with Crippen LogP contribution in [-0.2, 0) is 7.05 Å². The summed E-state index contributed by atoms with van der Waals surface area (Å²) in [5.41, 5.74) is 9.15. The van der Waals surface area contributed by atoms with Gasteiger partial charge in [0.15, 0.2) is 0 Å². The first-order valence-corrected chi connectivity index (χ1v) is 6.45. The van der Waals surface area contributed by atoms with Crippen LogP contribution in [0, 0.1) is 5.92 Å². The molecule has 0 saturated heterocycles. The van der Waals surface area contributed by atoms with Crippen LogP contribution in [0.15, 0.2) is 24.5 Å². The molecule has 0 bridgehead atoms. The number of nitrogens with one attached hydrogen (secondary N) is 1. The van der Waals surface area contributed by atoms with E-state index in [-0.39, 0.29) is 0 Å². The minimum Gasteiger partial charge on any atom is -0.334 e. The number of imidazole rings is 1. The molecule has 3 N–H and O–H groups in total. The highest BCUT2D eigenvalue weighted by molar-refractivity contribution is 5.76. The predicted molar refractivity (Wildman–Crippen MR) is 75.4 cm³/mol. The topological polar surface area (TPSA) is 55.9 Å². The molecule has 0 spiro atoms. The highest BCUT2D eigenvalue weighted by atomic mass is 15.0. The van der Waals surface area contributed by atoms with Gasteiger partial charge in [0.05, 0.1) is 17.4 Å². The maximum absolute atomic E-state index is 5.65. The average Bonchev–Trinajstić information content (AvgIpc) is 2.72. The first-order valence-electron chi connectivity index (χ1n) is 6.45. The normalized spacial score (nSPS) is 14.9. The molecule has 2 rings (SSSR count). The number of nitrogens with zero attached hydrogens (tertiary/aromatic N) is 2. The maximum Gasteiger partial charge on any atom is 0.0955 e. The van der Waals surface area contributed by atoms with Crippen molar-refractivity contribution in [2.24, 2.45) is 18.7 Å². The molecule has 0 radical (unpaired) electrons. The van der Waals surface area contributed by atoms with E-state index >= 15 is 0 Å². The molecule has 2 unspecified atom stereocenters.